The van der Waals surface area contributed by atoms with Crippen LogP contribution in [-0.4, -0.2) is 25.2 Å². The minimum absolute atomic E-state index is 0.207. The van der Waals surface area contributed by atoms with E-state index in [1.807, 2.05) is 27.7 Å². The zero-order valence-corrected chi connectivity index (χ0v) is 14.3. The molecule has 0 aromatic heterocycles. The first kappa shape index (κ1) is 20.4. The fraction of sp³-hybridized carbons (Fsp3) is 0.824. The van der Waals surface area contributed by atoms with E-state index in [1.54, 1.807) is 0 Å². The summed E-state index contributed by atoms with van der Waals surface area (Å²) < 4.78 is 10.3. The molecule has 5 heteroatoms. The highest BCUT2D eigenvalue weighted by molar-refractivity contribution is 5.95. The van der Waals surface area contributed by atoms with Crippen molar-refractivity contribution in [1.82, 2.24) is 0 Å². The minimum Gasteiger partial charge on any atom is -0.465 e. The zero-order chi connectivity index (χ0) is 17.0. The summed E-state index contributed by atoms with van der Waals surface area (Å²) in [5, 5.41) is 9.32. The maximum atomic E-state index is 12.2. The topological polar surface area (TPSA) is 76.4 Å². The number of nitriles is 1. The van der Waals surface area contributed by atoms with E-state index in [0.717, 1.165) is 25.7 Å². The number of nitrogens with zero attached hydrogens (tertiary/aromatic N) is 1. The molecular weight excluding hydrogens is 282 g/mol. The molecule has 0 heterocycles. The molecule has 0 spiro atoms. The van der Waals surface area contributed by atoms with E-state index >= 15 is 0 Å². The van der Waals surface area contributed by atoms with Crippen LogP contribution in [-0.2, 0) is 19.1 Å². The first-order valence-electron chi connectivity index (χ1n) is 8.20. The second-order valence-electron chi connectivity index (χ2n) is 5.88. The van der Waals surface area contributed by atoms with Crippen molar-refractivity contribution in [3.05, 3.63) is 0 Å². The molecule has 0 N–H and O–H groups in total. The maximum Gasteiger partial charge on any atom is 0.321 e. The average molecular weight is 311 g/mol. The predicted octanol–water partition coefficient (Wildman–Crippen LogP) is 3.48. The van der Waals surface area contributed by atoms with Gasteiger partial charge in [0.2, 0.25) is 0 Å². The van der Waals surface area contributed by atoms with Crippen LogP contribution in [0.2, 0.25) is 0 Å². The van der Waals surface area contributed by atoms with Crippen molar-refractivity contribution in [1.29, 1.82) is 5.26 Å². The lowest BCUT2D eigenvalue weighted by Gasteiger charge is -2.20. The number of unbranched alkanes of at least 4 members (excludes halogenated alkanes) is 2. The normalized spacial score (nSPS) is 12.0. The molecule has 0 aliphatic heterocycles. The number of hydrogen-bond acceptors (Lipinski definition) is 5. The molecule has 0 aromatic rings. The summed E-state index contributed by atoms with van der Waals surface area (Å²) in [6.45, 7) is 8.42. The summed E-state index contributed by atoms with van der Waals surface area (Å²) in [6, 6.07) is 2.07. The first-order chi connectivity index (χ1) is 10.5. The molecule has 0 bridgehead atoms. The summed E-state index contributed by atoms with van der Waals surface area (Å²) in [5.74, 6) is -2.91. The van der Waals surface area contributed by atoms with Crippen LogP contribution < -0.4 is 0 Å². The molecule has 0 radical (unpaired) electrons. The Balaban J connectivity index is 4.91. The van der Waals surface area contributed by atoms with Gasteiger partial charge in [-0.3, -0.25) is 9.59 Å². The van der Waals surface area contributed by atoms with E-state index < -0.39 is 23.8 Å². The van der Waals surface area contributed by atoms with Gasteiger partial charge in [0.05, 0.1) is 25.2 Å². The molecule has 0 aromatic carbocycles. The molecule has 126 valence electrons. The van der Waals surface area contributed by atoms with Gasteiger partial charge < -0.3 is 9.47 Å². The van der Waals surface area contributed by atoms with Gasteiger partial charge in [0.25, 0.3) is 0 Å². The Morgan fingerprint density at radius 1 is 1.00 bits per heavy atom. The fourth-order valence-electron chi connectivity index (χ4n) is 2.01. The number of rotatable bonds is 11. The minimum atomic E-state index is -1.14. The Kier molecular flexibility index (Phi) is 11.2. The number of ether oxygens (including phenoxy) is 2. The fourth-order valence-corrected chi connectivity index (χ4v) is 2.01. The Morgan fingerprint density at radius 3 is 1.77 bits per heavy atom. The Morgan fingerprint density at radius 2 is 1.45 bits per heavy atom. The average Bonchev–Trinajstić information content (AvgIpc) is 2.46. The van der Waals surface area contributed by atoms with Gasteiger partial charge in [-0.15, -0.1) is 0 Å². The van der Waals surface area contributed by atoms with Crippen molar-refractivity contribution in [3.8, 4) is 6.07 Å². The SMILES string of the molecule is CCCCOC(=O)C(C(=O)OCCCC)C(C#N)CC(C)C. The van der Waals surface area contributed by atoms with E-state index in [4.69, 9.17) is 9.47 Å². The van der Waals surface area contributed by atoms with Gasteiger partial charge >= 0.3 is 11.9 Å². The molecule has 5 nitrogen and oxygen atoms in total. The summed E-state index contributed by atoms with van der Waals surface area (Å²) in [6.07, 6.45) is 3.74. The van der Waals surface area contributed by atoms with E-state index in [1.165, 1.54) is 0 Å². The van der Waals surface area contributed by atoms with Crippen LogP contribution in [0.5, 0.6) is 0 Å². The van der Waals surface area contributed by atoms with Crippen molar-refractivity contribution in [2.75, 3.05) is 13.2 Å². The maximum absolute atomic E-state index is 12.2. The Labute approximate surface area is 134 Å². The molecular formula is C17H29NO4. The lowest BCUT2D eigenvalue weighted by Crippen LogP contribution is -2.35. The quantitative estimate of drug-likeness (QED) is 0.332. The van der Waals surface area contributed by atoms with Gasteiger partial charge in [0, 0.05) is 0 Å². The highest BCUT2D eigenvalue weighted by Crippen LogP contribution is 2.23. The Hall–Kier alpha value is -1.57. The van der Waals surface area contributed by atoms with Crippen LogP contribution >= 0.6 is 0 Å². The van der Waals surface area contributed by atoms with Crippen LogP contribution in [0.3, 0.4) is 0 Å². The number of carbonyl (C=O) groups excluding carboxylic acids is 2. The molecule has 1 unspecified atom stereocenters. The van der Waals surface area contributed by atoms with Gasteiger partial charge in [0.1, 0.15) is 0 Å². The van der Waals surface area contributed by atoms with Crippen molar-refractivity contribution in [3.63, 3.8) is 0 Å². The molecule has 0 fully saturated rings. The molecule has 22 heavy (non-hydrogen) atoms. The molecule has 0 rings (SSSR count). The molecule has 0 aliphatic carbocycles. The molecule has 1 atom stereocenters. The standard InChI is InChI=1S/C17H29NO4/c1-5-7-9-21-16(19)15(14(12-18)11-13(3)4)17(20)22-10-8-6-2/h13-15H,5-11H2,1-4H3. The monoisotopic (exact) mass is 311 g/mol. The molecule has 0 saturated heterocycles. The third-order valence-electron chi connectivity index (χ3n) is 3.29. The third-order valence-corrected chi connectivity index (χ3v) is 3.29. The van der Waals surface area contributed by atoms with Crippen molar-refractivity contribution < 1.29 is 19.1 Å². The van der Waals surface area contributed by atoms with Crippen LogP contribution in [0.1, 0.15) is 59.8 Å². The summed E-state index contributed by atoms with van der Waals surface area (Å²) in [4.78, 5) is 24.4. The lowest BCUT2D eigenvalue weighted by atomic mass is 9.86. The van der Waals surface area contributed by atoms with Gasteiger partial charge in [-0.25, -0.2) is 0 Å². The van der Waals surface area contributed by atoms with Crippen LogP contribution in [0.25, 0.3) is 0 Å². The molecule has 0 saturated carbocycles. The summed E-state index contributed by atoms with van der Waals surface area (Å²) in [7, 11) is 0. The van der Waals surface area contributed by atoms with Crippen molar-refractivity contribution >= 4 is 11.9 Å². The van der Waals surface area contributed by atoms with Gasteiger partial charge in [0.15, 0.2) is 5.92 Å². The largest absolute Gasteiger partial charge is 0.465 e. The Bertz CT molecular complexity index is 351. The second kappa shape index (κ2) is 12.0. The highest BCUT2D eigenvalue weighted by atomic mass is 16.6. The van der Waals surface area contributed by atoms with Crippen LogP contribution in [0.15, 0.2) is 0 Å². The van der Waals surface area contributed by atoms with E-state index in [2.05, 4.69) is 6.07 Å². The zero-order valence-electron chi connectivity index (χ0n) is 14.3. The van der Waals surface area contributed by atoms with Gasteiger partial charge in [-0.1, -0.05) is 40.5 Å². The third kappa shape index (κ3) is 8.02. The second-order valence-corrected chi connectivity index (χ2v) is 5.88. The van der Waals surface area contributed by atoms with Gasteiger partial charge in [-0.05, 0) is 25.2 Å². The van der Waals surface area contributed by atoms with Crippen molar-refractivity contribution in [2.45, 2.75) is 59.8 Å². The number of carbonyl (C=O) groups is 2. The number of esters is 2. The molecule has 0 amide bonds. The number of hydrogen-bond donors (Lipinski definition) is 0. The van der Waals surface area contributed by atoms with Crippen LogP contribution in [0.4, 0.5) is 0 Å². The summed E-state index contributed by atoms with van der Waals surface area (Å²) in [5.41, 5.74) is 0. The van der Waals surface area contributed by atoms with E-state index in [9.17, 15) is 14.9 Å². The summed E-state index contributed by atoms with van der Waals surface area (Å²) >= 11 is 0. The lowest BCUT2D eigenvalue weighted by molar-refractivity contribution is -0.164. The first-order valence-corrected chi connectivity index (χ1v) is 8.20. The van der Waals surface area contributed by atoms with Gasteiger partial charge in [-0.2, -0.15) is 5.26 Å². The predicted molar refractivity (Wildman–Crippen MR) is 83.8 cm³/mol. The highest BCUT2D eigenvalue weighted by Gasteiger charge is 2.38. The van der Waals surface area contributed by atoms with E-state index in [-0.39, 0.29) is 19.1 Å². The van der Waals surface area contributed by atoms with Crippen molar-refractivity contribution in [2.24, 2.45) is 17.8 Å². The molecule has 0 aliphatic rings. The van der Waals surface area contributed by atoms with Crippen LogP contribution in [0, 0.1) is 29.1 Å². The van der Waals surface area contributed by atoms with E-state index in [0.29, 0.717) is 6.42 Å². The smallest absolute Gasteiger partial charge is 0.321 e.